The zero-order valence-corrected chi connectivity index (χ0v) is 21.0. The van der Waals surface area contributed by atoms with Crippen LogP contribution in [0.4, 0.5) is 39.5 Å². The molecule has 3 aromatic rings. The third kappa shape index (κ3) is 5.72. The molecule has 0 spiro atoms. The summed E-state index contributed by atoms with van der Waals surface area (Å²) in [6, 6.07) is 6.28. The van der Waals surface area contributed by atoms with Crippen molar-refractivity contribution in [2.75, 3.05) is 13.3 Å². The number of hydrogen-bond donors (Lipinski definition) is 0. The highest BCUT2D eigenvalue weighted by molar-refractivity contribution is 7.87. The molecule has 216 valence electrons. The van der Waals surface area contributed by atoms with E-state index < -0.39 is 74.2 Å². The van der Waals surface area contributed by atoms with Crippen LogP contribution in [-0.2, 0) is 22.7 Å². The fraction of sp³-hybridized carbons (Fsp3) is 0.308. The van der Waals surface area contributed by atoms with E-state index in [0.717, 1.165) is 24.3 Å². The number of ether oxygens (including phenoxy) is 1. The van der Waals surface area contributed by atoms with Crippen LogP contribution in [0.15, 0.2) is 41.3 Å². The van der Waals surface area contributed by atoms with Gasteiger partial charge in [0.2, 0.25) is 34.8 Å². The molecule has 1 heterocycles. The first kappa shape index (κ1) is 29.6. The Morgan fingerprint density at radius 2 is 1.48 bits per heavy atom. The number of aryl methyl sites for hydroxylation is 1. The maximum atomic E-state index is 14.0. The van der Waals surface area contributed by atoms with Gasteiger partial charge in [-0.1, -0.05) is 12.1 Å². The molecule has 0 N–H and O–H groups in total. The first-order valence-electron chi connectivity index (χ1n) is 11.7. The van der Waals surface area contributed by atoms with Gasteiger partial charge in [-0.05, 0) is 55.0 Å². The fourth-order valence-corrected chi connectivity index (χ4v) is 5.36. The highest BCUT2D eigenvalue weighted by Gasteiger charge is 2.34. The zero-order chi connectivity index (χ0) is 29.4. The first-order chi connectivity index (χ1) is 18.8. The van der Waals surface area contributed by atoms with E-state index in [4.69, 9.17) is 4.74 Å². The van der Waals surface area contributed by atoms with Gasteiger partial charge >= 0.3 is 16.3 Å². The van der Waals surface area contributed by atoms with Gasteiger partial charge in [-0.2, -0.15) is 30.4 Å². The summed E-state index contributed by atoms with van der Waals surface area (Å²) in [6.07, 6.45) is -3.74. The highest BCUT2D eigenvalue weighted by Crippen LogP contribution is 2.42. The molecule has 0 radical (unpaired) electrons. The number of unbranched alkanes of at least 4 members (excludes halogenated alkanes) is 1. The second-order valence-corrected chi connectivity index (χ2v) is 10.4. The van der Waals surface area contributed by atoms with Crippen molar-refractivity contribution in [2.24, 2.45) is 0 Å². The van der Waals surface area contributed by atoms with Crippen LogP contribution in [0.2, 0.25) is 0 Å². The van der Waals surface area contributed by atoms with Gasteiger partial charge in [-0.3, -0.25) is 4.39 Å². The second kappa shape index (κ2) is 11.2. The molecule has 0 saturated heterocycles. The van der Waals surface area contributed by atoms with E-state index in [9.17, 15) is 47.9 Å². The van der Waals surface area contributed by atoms with Crippen molar-refractivity contribution in [1.82, 2.24) is 0 Å². The molecule has 1 atom stereocenters. The van der Waals surface area contributed by atoms with Crippen LogP contribution in [0.3, 0.4) is 0 Å². The molecule has 0 aliphatic carbocycles. The van der Waals surface area contributed by atoms with Crippen molar-refractivity contribution in [3.05, 3.63) is 87.7 Å². The molecule has 0 aromatic heterocycles. The largest absolute Gasteiger partial charge is 0.493 e. The maximum Gasteiger partial charge on any atom is 0.416 e. The monoisotopic (exact) mass is 598 g/mol. The van der Waals surface area contributed by atoms with Crippen LogP contribution in [0.5, 0.6) is 11.5 Å². The minimum absolute atomic E-state index is 0.00457. The maximum absolute atomic E-state index is 14.0. The predicted octanol–water partition coefficient (Wildman–Crippen LogP) is 7.38. The Kier molecular flexibility index (Phi) is 8.29. The summed E-state index contributed by atoms with van der Waals surface area (Å²) in [5.41, 5.74) is 0.301. The lowest BCUT2D eigenvalue weighted by Gasteiger charge is -2.29. The highest BCUT2D eigenvalue weighted by atomic mass is 32.2. The van der Waals surface area contributed by atoms with Crippen molar-refractivity contribution in [3.8, 4) is 11.5 Å². The van der Waals surface area contributed by atoms with Crippen molar-refractivity contribution in [1.29, 1.82) is 0 Å². The van der Waals surface area contributed by atoms with Crippen LogP contribution in [0, 0.1) is 29.1 Å². The minimum Gasteiger partial charge on any atom is -0.493 e. The van der Waals surface area contributed by atoms with Crippen LogP contribution in [0.1, 0.15) is 47.4 Å². The van der Waals surface area contributed by atoms with Crippen LogP contribution >= 0.6 is 0 Å². The number of halogens is 9. The summed E-state index contributed by atoms with van der Waals surface area (Å²) < 4.78 is 156. The Balaban J connectivity index is 1.71. The molecule has 0 unspecified atom stereocenters. The Morgan fingerprint density at radius 1 is 0.850 bits per heavy atom. The molecule has 14 heteroatoms. The number of rotatable bonds is 8. The molecule has 4 rings (SSSR count). The molecule has 40 heavy (non-hydrogen) atoms. The van der Waals surface area contributed by atoms with Crippen LogP contribution in [-0.4, -0.2) is 21.7 Å². The lowest BCUT2D eigenvalue weighted by Crippen LogP contribution is -2.19. The van der Waals surface area contributed by atoms with Gasteiger partial charge in [-0.15, -0.1) is 0 Å². The average molecular weight is 598 g/mol. The van der Waals surface area contributed by atoms with Gasteiger partial charge in [0.05, 0.1) is 18.8 Å². The number of alkyl halides is 4. The molecular weight excluding hydrogens is 579 g/mol. The van der Waals surface area contributed by atoms with Gasteiger partial charge in [0, 0.05) is 17.5 Å². The van der Waals surface area contributed by atoms with Crippen molar-refractivity contribution >= 4 is 10.1 Å². The van der Waals surface area contributed by atoms with E-state index in [1.807, 2.05) is 0 Å². The summed E-state index contributed by atoms with van der Waals surface area (Å²) >= 11 is 0. The van der Waals surface area contributed by atoms with Crippen LogP contribution in [0.25, 0.3) is 0 Å². The van der Waals surface area contributed by atoms with E-state index >= 15 is 0 Å². The van der Waals surface area contributed by atoms with Gasteiger partial charge in [-0.25, -0.2) is 13.2 Å². The summed E-state index contributed by atoms with van der Waals surface area (Å²) in [5, 5.41) is 0. The zero-order valence-electron chi connectivity index (χ0n) is 20.2. The molecule has 1 aliphatic heterocycles. The Hall–Kier alpha value is -3.42. The fourth-order valence-electron chi connectivity index (χ4n) is 4.41. The summed E-state index contributed by atoms with van der Waals surface area (Å²) in [7, 11) is -5.14. The number of benzene rings is 3. The smallest absolute Gasteiger partial charge is 0.416 e. The molecular formula is C26H19F9O4S. The summed E-state index contributed by atoms with van der Waals surface area (Å²) in [4.78, 5) is -0.744. The molecule has 0 saturated carbocycles. The van der Waals surface area contributed by atoms with E-state index in [1.54, 1.807) is 0 Å². The van der Waals surface area contributed by atoms with Crippen molar-refractivity contribution < 1.29 is 56.9 Å². The molecule has 0 amide bonds. The third-order valence-corrected chi connectivity index (χ3v) is 7.57. The number of hydrogen-bond acceptors (Lipinski definition) is 4. The summed E-state index contributed by atoms with van der Waals surface area (Å²) in [5.74, 6) is -14.9. The van der Waals surface area contributed by atoms with E-state index in [1.165, 1.54) is 12.1 Å². The third-order valence-electron chi connectivity index (χ3n) is 6.35. The van der Waals surface area contributed by atoms with Crippen molar-refractivity contribution in [3.63, 3.8) is 0 Å². The topological polar surface area (TPSA) is 52.6 Å². The molecule has 0 fully saturated rings. The van der Waals surface area contributed by atoms with Gasteiger partial charge in [0.1, 0.15) is 10.6 Å². The van der Waals surface area contributed by atoms with E-state index in [0.29, 0.717) is 23.1 Å². The average Bonchev–Trinajstić information content (AvgIpc) is 2.92. The normalized spacial score (nSPS) is 15.5. The van der Waals surface area contributed by atoms with E-state index in [-0.39, 0.29) is 31.6 Å². The summed E-state index contributed by atoms with van der Waals surface area (Å²) in [6.45, 7) is -0.636. The van der Waals surface area contributed by atoms with Crippen LogP contribution < -0.4 is 8.92 Å². The minimum atomic E-state index is -5.14. The van der Waals surface area contributed by atoms with Gasteiger partial charge in [0.25, 0.3) is 0 Å². The Labute approximate surface area is 222 Å². The van der Waals surface area contributed by atoms with Crippen molar-refractivity contribution in [2.45, 2.75) is 42.7 Å². The number of fused-ring (bicyclic) bond motifs is 1. The lowest BCUT2D eigenvalue weighted by molar-refractivity contribution is -0.137. The second-order valence-electron chi connectivity index (χ2n) is 8.88. The predicted molar refractivity (Wildman–Crippen MR) is 123 cm³/mol. The molecule has 1 aliphatic rings. The lowest BCUT2D eigenvalue weighted by atomic mass is 9.82. The Bertz CT molecular complexity index is 1510. The SMILES string of the molecule is O=S(=O)(Oc1c(F)c(F)c(F)c(F)c1F)c1ccc2c(c1)OCC[C@@H]2c1ccc(C(F)(F)F)cc1CCCCF. The standard InChI is InChI=1S/C26H19F9O4S/c27-9-2-1-3-13-11-14(26(33,34)35)4-6-16(13)17-8-10-38-19-12-15(5-7-18(17)19)40(36,37)39-25-23(31)21(29)20(28)22(30)24(25)32/h4-7,11-12,17H,1-3,8-10H2/t17-/m1/s1. The quantitative estimate of drug-likeness (QED) is 0.0894. The molecule has 3 aromatic carbocycles. The van der Waals surface area contributed by atoms with E-state index in [2.05, 4.69) is 4.18 Å². The molecule has 4 nitrogen and oxygen atoms in total. The van der Waals surface area contributed by atoms with Gasteiger partial charge in [0.15, 0.2) is 0 Å². The first-order valence-corrected chi connectivity index (χ1v) is 13.2. The Morgan fingerprint density at radius 3 is 2.10 bits per heavy atom. The molecule has 0 bridgehead atoms. The van der Waals surface area contributed by atoms with Gasteiger partial charge < -0.3 is 8.92 Å².